The van der Waals surface area contributed by atoms with Gasteiger partial charge < -0.3 is 55.9 Å². The van der Waals surface area contributed by atoms with E-state index in [4.69, 9.17) is 48.3 Å². The highest BCUT2D eigenvalue weighted by Gasteiger charge is 2.53. The second-order valence-electron chi connectivity index (χ2n) is 14.0. The van der Waals surface area contributed by atoms with Crippen molar-refractivity contribution < 1.29 is 85.6 Å². The molecule has 346 valence electrons. The number of nitrogens with one attached hydrogen (secondary N) is 1. The van der Waals surface area contributed by atoms with E-state index in [0.29, 0.717) is 0 Å². The molecule has 8 heterocycles. The van der Waals surface area contributed by atoms with Gasteiger partial charge in [0.05, 0.1) is 25.9 Å². The van der Waals surface area contributed by atoms with Gasteiger partial charge in [-0.15, -0.1) is 9.42 Å². The topological polar surface area (TPSA) is 461 Å². The summed E-state index contributed by atoms with van der Waals surface area (Å²) in [4.78, 5) is 80.9. The number of aromatic nitrogens is 10. The van der Waals surface area contributed by atoms with Crippen LogP contribution in [-0.2, 0) is 50.5 Å². The van der Waals surface area contributed by atoms with Gasteiger partial charge in [0, 0.05) is 16.8 Å². The number of aromatic amines is 1. The number of phosphoric ester groups is 2. The summed E-state index contributed by atoms with van der Waals surface area (Å²) in [5.41, 5.74) is 10.2. The third kappa shape index (κ3) is 9.11. The van der Waals surface area contributed by atoms with Crippen LogP contribution in [0.2, 0.25) is 0 Å². The second-order valence-corrected chi connectivity index (χ2v) is 17.6. The van der Waals surface area contributed by atoms with Gasteiger partial charge in [-0.05, 0) is 0 Å². The van der Waals surface area contributed by atoms with Crippen LogP contribution in [0.3, 0.4) is 0 Å². The van der Waals surface area contributed by atoms with E-state index in [0.717, 1.165) is 40.4 Å². The molecule has 0 radical (unpaired) electrons. The molecule has 35 heteroatoms. The van der Waals surface area contributed by atoms with Crippen molar-refractivity contribution in [2.45, 2.75) is 73.6 Å². The molecule has 3 saturated heterocycles. The lowest BCUT2D eigenvalue weighted by Gasteiger charge is -2.25. The number of fused-ring (bicyclic) bond motifs is 2. The first kappa shape index (κ1) is 45.9. The number of ether oxygens (including phenoxy) is 3. The predicted molar refractivity (Wildman–Crippen MR) is 204 cm³/mol. The zero-order valence-corrected chi connectivity index (χ0v) is 34.7. The van der Waals surface area contributed by atoms with Crippen LogP contribution in [0.4, 0.5) is 11.6 Å². The maximum Gasteiger partial charge on any atom is 0.694 e. The minimum Gasteiger partial charge on any atom is -0.387 e. The van der Waals surface area contributed by atoms with E-state index in [9.17, 15) is 58.4 Å². The number of nitrogen functional groups attached to an aromatic ring is 2. The lowest BCUT2D eigenvalue weighted by Crippen LogP contribution is -2.38. The van der Waals surface area contributed by atoms with Crippen LogP contribution in [0.15, 0.2) is 47.2 Å². The van der Waals surface area contributed by atoms with Crippen molar-refractivity contribution in [3.05, 3.63) is 58.4 Å². The van der Waals surface area contributed by atoms with Gasteiger partial charge in [0.25, 0.3) is 5.56 Å². The number of aliphatic hydroxyl groups is 4. The molecule has 5 aromatic rings. The second kappa shape index (κ2) is 18.0. The number of imidazole rings is 2. The van der Waals surface area contributed by atoms with Gasteiger partial charge in [0.2, 0.25) is 0 Å². The van der Waals surface area contributed by atoms with Crippen LogP contribution in [0.1, 0.15) is 18.7 Å². The Morgan fingerprint density at radius 2 is 1.16 bits per heavy atom. The number of nitrogens with two attached hydrogens (primary N) is 2. The number of aliphatic hydroxyl groups excluding tert-OH is 4. The van der Waals surface area contributed by atoms with Gasteiger partial charge in [0.1, 0.15) is 85.2 Å². The molecule has 0 amide bonds. The maximum absolute atomic E-state index is 13.6. The summed E-state index contributed by atoms with van der Waals surface area (Å²) in [7, 11) is -14.1. The highest BCUT2D eigenvalue weighted by atomic mass is 31.2. The van der Waals surface area contributed by atoms with E-state index in [2.05, 4.69) is 29.9 Å². The molecule has 3 unspecified atom stereocenters. The highest BCUT2D eigenvalue weighted by Crippen LogP contribution is 2.52. The predicted octanol–water partition coefficient (Wildman–Crippen LogP) is -3.81. The van der Waals surface area contributed by atoms with E-state index in [-0.39, 0.29) is 34.0 Å². The molecule has 5 aromatic heterocycles. The molecule has 0 saturated carbocycles. The van der Waals surface area contributed by atoms with E-state index in [1.165, 1.54) is 10.9 Å². The Morgan fingerprint density at radius 3 is 1.66 bits per heavy atom. The normalized spacial score (nSPS) is 31.7. The Balaban J connectivity index is 0.998. The first-order valence-electron chi connectivity index (χ1n) is 18.3. The SMILES string of the molecule is Nc1ncnc2c1ncn2[C@@H]1O[C@H](CO[P+](=O)O)[C@@H](OP(=O)(O)OC[C@H]2O[C@@H](n3cnc4c(N)ncnc43)[C@H](O)[C@@H]2OP(=O)(O)OC[C@H]2O[C@@H](n3ccc(=O)[nH]c3=O)[C@H](O)[C@@H]2O)[C@H]1O. The lowest BCUT2D eigenvalue weighted by molar-refractivity contribution is -0.0628. The van der Waals surface area contributed by atoms with Crippen molar-refractivity contribution in [3.8, 4) is 0 Å². The number of rotatable bonds is 16. The smallest absolute Gasteiger partial charge is 0.387 e. The van der Waals surface area contributed by atoms with Gasteiger partial charge in [-0.3, -0.25) is 41.6 Å². The molecule has 0 aliphatic carbocycles. The van der Waals surface area contributed by atoms with Crippen molar-refractivity contribution >= 4 is 57.9 Å². The summed E-state index contributed by atoms with van der Waals surface area (Å²) in [5.74, 6) is -0.100. The first-order valence-corrected chi connectivity index (χ1v) is 22.4. The van der Waals surface area contributed by atoms with Gasteiger partial charge >= 0.3 is 29.6 Å². The molecule has 32 nitrogen and oxygen atoms in total. The summed E-state index contributed by atoms with van der Waals surface area (Å²) >= 11 is 0. The first-order chi connectivity index (χ1) is 30.3. The standard InChI is InChI=1S/C29H35N12O20P3/c30-22-14-24(34-6-32-22)40(8-36-14)27-18(45)20(11(58-27)3-54-62(48)49)60-64(52,53)56-5-12-21(19(46)28(59-12)41-9-37-15-23(31)33-7-35-25(15)41)61-63(50,51)55-4-10-16(43)17(44)26(57-10)39-2-1-13(42)38-29(39)47/h1-2,6-12,16-21,26-28,43-46H,3-5H2,(H7-,30,31,32,33,34,35,38,42,47,48,49,50,51,52,53)/p+1/t10-,11-,12-,16-,17-,18-,19-,20-,21-,26-,27-,28-/m1/s1. The zero-order valence-electron chi connectivity index (χ0n) is 32.0. The lowest BCUT2D eigenvalue weighted by atomic mass is 10.1. The quantitative estimate of drug-likeness (QED) is 0.0424. The number of hydrogen-bond acceptors (Lipinski definition) is 25. The van der Waals surface area contributed by atoms with Crippen LogP contribution in [0.25, 0.3) is 22.3 Å². The van der Waals surface area contributed by atoms with Crippen molar-refractivity contribution in [2.75, 3.05) is 31.3 Å². The number of anilines is 2. The molecule has 0 spiro atoms. The Morgan fingerprint density at radius 1 is 0.688 bits per heavy atom. The van der Waals surface area contributed by atoms with Crippen molar-refractivity contribution in [1.29, 1.82) is 0 Å². The van der Waals surface area contributed by atoms with Crippen LogP contribution in [0.5, 0.6) is 0 Å². The van der Waals surface area contributed by atoms with Crippen LogP contribution >= 0.6 is 23.9 Å². The molecule has 15 atom stereocenters. The fourth-order valence-electron chi connectivity index (χ4n) is 7.11. The summed E-state index contributed by atoms with van der Waals surface area (Å²) in [5, 5.41) is 44.0. The fraction of sp³-hybridized carbons (Fsp3) is 0.517. The molecule has 8 rings (SSSR count). The Labute approximate surface area is 355 Å². The highest BCUT2D eigenvalue weighted by molar-refractivity contribution is 7.47. The van der Waals surface area contributed by atoms with Crippen LogP contribution < -0.4 is 22.7 Å². The van der Waals surface area contributed by atoms with Crippen LogP contribution in [0, 0.1) is 0 Å². The number of nitrogens with zero attached hydrogens (tertiary/aromatic N) is 9. The van der Waals surface area contributed by atoms with Gasteiger partial charge in [-0.1, -0.05) is 0 Å². The van der Waals surface area contributed by atoms with Gasteiger partial charge in [-0.2, -0.15) is 0 Å². The van der Waals surface area contributed by atoms with Crippen molar-refractivity contribution in [1.82, 2.24) is 48.6 Å². The maximum atomic E-state index is 13.6. The molecule has 12 N–H and O–H groups in total. The largest absolute Gasteiger partial charge is 0.694 e. The summed E-state index contributed by atoms with van der Waals surface area (Å²) < 4.78 is 84.4. The van der Waals surface area contributed by atoms with E-state index < -0.39 is 129 Å². The molecule has 64 heavy (non-hydrogen) atoms. The molecule has 3 aliphatic heterocycles. The third-order valence-corrected chi connectivity index (χ3v) is 12.4. The average molecular weight is 966 g/mol. The number of H-pyrrole nitrogens is 1. The van der Waals surface area contributed by atoms with Crippen molar-refractivity contribution in [3.63, 3.8) is 0 Å². The monoisotopic (exact) mass is 965 g/mol. The Hall–Kier alpha value is -4.66. The number of phosphoric acid groups is 2. The zero-order chi connectivity index (χ0) is 45.8. The third-order valence-electron chi connectivity index (χ3n) is 10.1. The molecular formula is C29H36N12O20P3+. The van der Waals surface area contributed by atoms with E-state index in [1.807, 2.05) is 4.98 Å². The Kier molecular flexibility index (Phi) is 12.9. The molecule has 0 aromatic carbocycles. The average Bonchev–Trinajstić information content (AvgIpc) is 4.05. The minimum absolute atomic E-state index is 0.000949. The fourth-order valence-corrected chi connectivity index (χ4v) is 9.31. The van der Waals surface area contributed by atoms with E-state index >= 15 is 0 Å². The summed E-state index contributed by atoms with van der Waals surface area (Å²) in [6, 6.07) is 0.942. The van der Waals surface area contributed by atoms with Gasteiger partial charge in [0.15, 0.2) is 41.6 Å². The molecule has 3 fully saturated rings. The molecule has 3 aliphatic rings. The van der Waals surface area contributed by atoms with E-state index in [1.54, 1.807) is 0 Å². The minimum atomic E-state index is -5.43. The van der Waals surface area contributed by atoms with Crippen LogP contribution in [-0.4, -0.2) is 158 Å². The summed E-state index contributed by atoms with van der Waals surface area (Å²) in [6.07, 6.45) is -15.4. The van der Waals surface area contributed by atoms with Gasteiger partial charge in [-0.25, -0.2) is 43.8 Å². The molecule has 0 bridgehead atoms. The number of hydrogen-bond donors (Lipinski definition) is 10. The van der Waals surface area contributed by atoms with Crippen molar-refractivity contribution in [2.24, 2.45) is 0 Å². The Bertz CT molecular complexity index is 2760. The molecular weight excluding hydrogens is 929 g/mol. The summed E-state index contributed by atoms with van der Waals surface area (Å²) in [6.45, 7) is -2.83.